The first-order chi connectivity index (χ1) is 14.1. The number of nitrogens with zero attached hydrogens (tertiary/aromatic N) is 6. The molecule has 1 aliphatic rings. The van der Waals surface area contributed by atoms with Gasteiger partial charge in [0, 0.05) is 31.3 Å². The Kier molecular flexibility index (Phi) is 5.14. The van der Waals surface area contributed by atoms with Crippen molar-refractivity contribution in [1.82, 2.24) is 24.6 Å². The molecule has 1 aromatic carbocycles. The number of nitriles is 1. The number of hydrogen-bond donors (Lipinski definition) is 0. The first kappa shape index (κ1) is 18.9. The highest BCUT2D eigenvalue weighted by Crippen LogP contribution is 2.32. The molecule has 2 aromatic heterocycles. The second-order valence-corrected chi connectivity index (χ2v) is 6.88. The van der Waals surface area contributed by atoms with Crippen molar-refractivity contribution in [3.8, 4) is 29.1 Å². The van der Waals surface area contributed by atoms with Crippen molar-refractivity contribution in [3.05, 3.63) is 53.5 Å². The van der Waals surface area contributed by atoms with Crippen LogP contribution in [0.25, 0.3) is 11.5 Å². The van der Waals surface area contributed by atoms with Crippen LogP contribution in [-0.4, -0.2) is 45.4 Å². The zero-order valence-corrected chi connectivity index (χ0v) is 16.7. The van der Waals surface area contributed by atoms with E-state index < -0.39 is 0 Å². The van der Waals surface area contributed by atoms with E-state index in [-0.39, 0.29) is 6.04 Å². The number of hydrogen-bond acceptors (Lipinski definition) is 7. The summed E-state index contributed by atoms with van der Waals surface area (Å²) in [6, 6.07) is 13.4. The molecule has 148 valence electrons. The van der Waals surface area contributed by atoms with Gasteiger partial charge in [0.2, 0.25) is 0 Å². The van der Waals surface area contributed by atoms with E-state index in [9.17, 15) is 0 Å². The number of fused-ring (bicyclic) bond motifs is 1. The van der Waals surface area contributed by atoms with E-state index in [1.165, 1.54) is 0 Å². The molecule has 3 heterocycles. The second kappa shape index (κ2) is 7.89. The molecule has 0 aliphatic carbocycles. The first-order valence-corrected chi connectivity index (χ1v) is 9.40. The summed E-state index contributed by atoms with van der Waals surface area (Å²) < 4.78 is 12.9. The van der Waals surface area contributed by atoms with Crippen LogP contribution in [0.1, 0.15) is 30.0 Å². The summed E-state index contributed by atoms with van der Waals surface area (Å²) in [6.07, 6.45) is 0. The molecule has 1 atom stereocenters. The van der Waals surface area contributed by atoms with Crippen LogP contribution < -0.4 is 9.47 Å². The minimum Gasteiger partial charge on any atom is -0.497 e. The van der Waals surface area contributed by atoms with Crippen molar-refractivity contribution in [2.24, 2.45) is 0 Å². The summed E-state index contributed by atoms with van der Waals surface area (Å²) in [4.78, 5) is 6.71. The van der Waals surface area contributed by atoms with Gasteiger partial charge in [0.05, 0.1) is 20.3 Å². The monoisotopic (exact) mass is 390 g/mol. The maximum absolute atomic E-state index is 9.11. The minimum absolute atomic E-state index is 0.0796. The molecule has 0 unspecified atom stereocenters. The van der Waals surface area contributed by atoms with E-state index in [0.29, 0.717) is 17.2 Å². The van der Waals surface area contributed by atoms with Gasteiger partial charge >= 0.3 is 0 Å². The van der Waals surface area contributed by atoms with Crippen molar-refractivity contribution < 1.29 is 9.47 Å². The SMILES string of the molecule is COc1ccc(CN2CCn3c(-c4cccc(C#N)n4)nnc3[C@@H]2C)c(OC)c1. The van der Waals surface area contributed by atoms with Crippen LogP contribution in [-0.2, 0) is 13.1 Å². The lowest BCUT2D eigenvalue weighted by molar-refractivity contribution is 0.155. The molecule has 0 saturated carbocycles. The first-order valence-electron chi connectivity index (χ1n) is 9.40. The summed E-state index contributed by atoms with van der Waals surface area (Å²) >= 11 is 0. The van der Waals surface area contributed by atoms with Gasteiger partial charge in [-0.3, -0.25) is 4.90 Å². The van der Waals surface area contributed by atoms with Gasteiger partial charge in [0.1, 0.15) is 29.0 Å². The van der Waals surface area contributed by atoms with E-state index in [1.54, 1.807) is 20.3 Å². The van der Waals surface area contributed by atoms with Gasteiger partial charge in [-0.2, -0.15) is 5.26 Å². The zero-order valence-electron chi connectivity index (χ0n) is 16.7. The molecule has 1 aliphatic heterocycles. The molecule has 29 heavy (non-hydrogen) atoms. The highest BCUT2D eigenvalue weighted by molar-refractivity contribution is 5.51. The number of methoxy groups -OCH3 is 2. The van der Waals surface area contributed by atoms with Crippen molar-refractivity contribution in [1.29, 1.82) is 5.26 Å². The molecule has 0 bridgehead atoms. The Morgan fingerprint density at radius 3 is 2.76 bits per heavy atom. The average molecular weight is 390 g/mol. The van der Waals surface area contributed by atoms with Crippen LogP contribution in [0.2, 0.25) is 0 Å². The fraction of sp³-hybridized carbons (Fsp3) is 0.333. The molecule has 8 nitrogen and oxygen atoms in total. The van der Waals surface area contributed by atoms with Gasteiger partial charge in [-0.25, -0.2) is 4.98 Å². The largest absolute Gasteiger partial charge is 0.497 e. The van der Waals surface area contributed by atoms with Crippen molar-refractivity contribution in [2.45, 2.75) is 26.1 Å². The molecule has 4 rings (SSSR count). The number of rotatable bonds is 5. The molecular formula is C21H22N6O2. The van der Waals surface area contributed by atoms with Gasteiger partial charge in [-0.1, -0.05) is 12.1 Å². The molecule has 3 aromatic rings. The van der Waals surface area contributed by atoms with Crippen LogP contribution in [0.3, 0.4) is 0 Å². The van der Waals surface area contributed by atoms with E-state index in [0.717, 1.165) is 42.5 Å². The minimum atomic E-state index is 0.0796. The summed E-state index contributed by atoms with van der Waals surface area (Å²) in [5.41, 5.74) is 2.13. The van der Waals surface area contributed by atoms with Crippen LogP contribution >= 0.6 is 0 Å². The lowest BCUT2D eigenvalue weighted by Crippen LogP contribution is -2.36. The van der Waals surface area contributed by atoms with Gasteiger partial charge in [-0.05, 0) is 25.1 Å². The second-order valence-electron chi connectivity index (χ2n) is 6.88. The third-order valence-corrected chi connectivity index (χ3v) is 5.27. The quantitative estimate of drug-likeness (QED) is 0.662. The zero-order chi connectivity index (χ0) is 20.4. The van der Waals surface area contributed by atoms with Crippen molar-refractivity contribution in [3.63, 3.8) is 0 Å². The maximum Gasteiger partial charge on any atom is 0.182 e. The molecule has 0 N–H and O–H groups in total. The highest BCUT2D eigenvalue weighted by atomic mass is 16.5. The summed E-state index contributed by atoms with van der Waals surface area (Å²) in [6.45, 7) is 4.45. The lowest BCUT2D eigenvalue weighted by atomic mass is 10.1. The molecule has 8 heteroatoms. The highest BCUT2D eigenvalue weighted by Gasteiger charge is 2.29. The van der Waals surface area contributed by atoms with Crippen molar-refractivity contribution >= 4 is 0 Å². The topological polar surface area (TPSA) is 89.1 Å². The average Bonchev–Trinajstić information content (AvgIpc) is 3.20. The van der Waals surface area contributed by atoms with E-state index in [2.05, 4.69) is 37.6 Å². The van der Waals surface area contributed by atoms with Gasteiger partial charge < -0.3 is 14.0 Å². The smallest absolute Gasteiger partial charge is 0.182 e. The fourth-order valence-electron chi connectivity index (χ4n) is 3.66. The Morgan fingerprint density at radius 2 is 2.00 bits per heavy atom. The predicted octanol–water partition coefficient (Wildman–Crippen LogP) is 2.81. The summed E-state index contributed by atoms with van der Waals surface area (Å²) in [5, 5.41) is 17.9. The van der Waals surface area contributed by atoms with Gasteiger partial charge in [-0.15, -0.1) is 10.2 Å². The van der Waals surface area contributed by atoms with Gasteiger partial charge in [0.15, 0.2) is 11.6 Å². The summed E-state index contributed by atoms with van der Waals surface area (Å²) in [5.74, 6) is 3.17. The van der Waals surface area contributed by atoms with Gasteiger partial charge in [0.25, 0.3) is 0 Å². The van der Waals surface area contributed by atoms with Crippen LogP contribution in [0.4, 0.5) is 0 Å². The normalized spacial score (nSPS) is 16.1. The van der Waals surface area contributed by atoms with E-state index >= 15 is 0 Å². The molecule has 0 radical (unpaired) electrons. The van der Waals surface area contributed by atoms with E-state index in [4.69, 9.17) is 14.7 Å². The Labute approximate surface area is 169 Å². The lowest BCUT2D eigenvalue weighted by Gasteiger charge is -2.34. The van der Waals surface area contributed by atoms with Crippen LogP contribution in [0.15, 0.2) is 36.4 Å². The Balaban J connectivity index is 1.59. The number of pyridine rings is 1. The maximum atomic E-state index is 9.11. The standard InChI is InChI=1S/C21H22N6O2/c1-14-20-24-25-21(18-6-4-5-16(12-22)23-18)27(20)10-9-26(14)13-15-7-8-17(28-2)11-19(15)29-3/h4-8,11,14H,9-10,13H2,1-3H3/t14-/m0/s1. The fourth-order valence-corrected chi connectivity index (χ4v) is 3.66. The van der Waals surface area contributed by atoms with E-state index in [1.807, 2.05) is 30.3 Å². The van der Waals surface area contributed by atoms with Crippen LogP contribution in [0.5, 0.6) is 11.5 Å². The van der Waals surface area contributed by atoms with Crippen LogP contribution in [0, 0.1) is 11.3 Å². The third-order valence-electron chi connectivity index (χ3n) is 5.27. The summed E-state index contributed by atoms with van der Waals surface area (Å²) in [7, 11) is 3.32. The Bertz CT molecular complexity index is 1070. The molecular weight excluding hydrogens is 368 g/mol. The Morgan fingerprint density at radius 1 is 1.14 bits per heavy atom. The molecule has 0 saturated heterocycles. The number of aromatic nitrogens is 4. The number of ether oxygens (including phenoxy) is 2. The number of benzene rings is 1. The molecule has 0 spiro atoms. The molecule has 0 amide bonds. The predicted molar refractivity (Wildman–Crippen MR) is 106 cm³/mol. The van der Waals surface area contributed by atoms with Crippen molar-refractivity contribution in [2.75, 3.05) is 20.8 Å². The third kappa shape index (κ3) is 3.52. The molecule has 0 fully saturated rings. The Hall–Kier alpha value is -3.44.